The van der Waals surface area contributed by atoms with Crippen molar-refractivity contribution in [3.63, 3.8) is 0 Å². The van der Waals surface area contributed by atoms with Gasteiger partial charge in [0.05, 0.1) is 13.3 Å². The summed E-state index contributed by atoms with van der Waals surface area (Å²) >= 11 is 1.32. The minimum Gasteiger partial charge on any atom is -0.501 e. The molecule has 0 radical (unpaired) electrons. The number of anilines is 1. The number of aromatic nitrogens is 1. The van der Waals surface area contributed by atoms with Gasteiger partial charge in [0, 0.05) is 6.42 Å². The molecule has 0 bridgehead atoms. The first-order valence-corrected chi connectivity index (χ1v) is 6.30. The molecule has 2 N–H and O–H groups in total. The Morgan fingerprint density at radius 2 is 2.41 bits per heavy atom. The second-order valence-corrected chi connectivity index (χ2v) is 4.43. The van der Waals surface area contributed by atoms with E-state index in [0.29, 0.717) is 10.2 Å². The van der Waals surface area contributed by atoms with Crippen molar-refractivity contribution in [1.29, 1.82) is 0 Å². The van der Waals surface area contributed by atoms with E-state index in [4.69, 9.17) is 15.2 Å². The van der Waals surface area contributed by atoms with Crippen LogP contribution in [0.1, 0.15) is 26.2 Å². The first-order valence-electron chi connectivity index (χ1n) is 5.48. The molecule has 0 aromatic carbocycles. The van der Waals surface area contributed by atoms with Gasteiger partial charge in [-0.1, -0.05) is 23.5 Å². The van der Waals surface area contributed by atoms with E-state index in [1.165, 1.54) is 11.3 Å². The second-order valence-electron chi connectivity index (χ2n) is 3.40. The Bertz CT molecular complexity index is 386. The third-order valence-electron chi connectivity index (χ3n) is 2.01. The molecule has 94 valence electrons. The minimum absolute atomic E-state index is 0.505. The van der Waals surface area contributed by atoms with E-state index in [1.807, 2.05) is 13.0 Å². The molecule has 1 heterocycles. The van der Waals surface area contributed by atoms with Crippen LogP contribution in [0.4, 0.5) is 5.13 Å². The Balaban J connectivity index is 2.46. The molecule has 0 unspecified atom stereocenters. The van der Waals surface area contributed by atoms with Crippen molar-refractivity contribution in [2.75, 3.05) is 12.8 Å². The van der Waals surface area contributed by atoms with E-state index in [2.05, 4.69) is 11.1 Å². The predicted molar refractivity (Wildman–Crippen MR) is 70.9 cm³/mol. The molecular formula is C12H18N2O2S. The molecule has 1 aromatic heterocycles. The minimum atomic E-state index is 0.505. The largest absolute Gasteiger partial charge is 0.501 e. The number of thiazole rings is 1. The summed E-state index contributed by atoms with van der Waals surface area (Å²) in [5.41, 5.74) is 5.54. The highest BCUT2D eigenvalue weighted by Crippen LogP contribution is 2.26. The summed E-state index contributed by atoms with van der Waals surface area (Å²) in [4.78, 5) is 3.93. The van der Waals surface area contributed by atoms with Crippen LogP contribution in [0, 0.1) is 0 Å². The lowest BCUT2D eigenvalue weighted by atomic mass is 10.2. The molecular weight excluding hydrogens is 236 g/mol. The lowest BCUT2D eigenvalue weighted by molar-refractivity contribution is 0.298. The van der Waals surface area contributed by atoms with Crippen molar-refractivity contribution in [3.05, 3.63) is 30.4 Å². The monoisotopic (exact) mass is 254 g/mol. The molecule has 0 saturated heterocycles. The first kappa shape index (κ1) is 13.6. The van der Waals surface area contributed by atoms with Crippen LogP contribution in [0.15, 0.2) is 30.4 Å². The van der Waals surface area contributed by atoms with E-state index >= 15 is 0 Å². The number of methoxy groups -OCH3 is 1. The van der Waals surface area contributed by atoms with Gasteiger partial charge in [0.25, 0.3) is 0 Å². The average molecular weight is 254 g/mol. The van der Waals surface area contributed by atoms with Gasteiger partial charge in [0.15, 0.2) is 5.13 Å². The predicted octanol–water partition coefficient (Wildman–Crippen LogP) is 3.34. The van der Waals surface area contributed by atoms with E-state index in [9.17, 15) is 0 Å². The number of nitrogens with zero attached hydrogens (tertiary/aromatic N) is 1. The Morgan fingerprint density at radius 1 is 1.59 bits per heavy atom. The molecule has 0 aliphatic carbocycles. The number of ether oxygens (including phenoxy) is 2. The van der Waals surface area contributed by atoms with Crippen molar-refractivity contribution in [1.82, 2.24) is 4.98 Å². The van der Waals surface area contributed by atoms with E-state index < -0.39 is 0 Å². The van der Waals surface area contributed by atoms with Crippen LogP contribution < -0.4 is 10.5 Å². The second kappa shape index (κ2) is 7.73. The summed E-state index contributed by atoms with van der Waals surface area (Å²) in [5, 5.41) is 1.20. The third-order valence-corrected chi connectivity index (χ3v) is 2.72. The molecule has 17 heavy (non-hydrogen) atoms. The van der Waals surface area contributed by atoms with Gasteiger partial charge in [-0.25, -0.2) is 4.98 Å². The quantitative estimate of drug-likeness (QED) is 0.460. The van der Waals surface area contributed by atoms with Crippen LogP contribution in [0.2, 0.25) is 0 Å². The molecule has 0 amide bonds. The van der Waals surface area contributed by atoms with Crippen LogP contribution in [0.25, 0.3) is 0 Å². The molecule has 0 saturated carbocycles. The number of hydrogen-bond acceptors (Lipinski definition) is 5. The maximum Gasteiger partial charge on any atom is 0.202 e. The number of hydrogen-bond donors (Lipinski definition) is 1. The van der Waals surface area contributed by atoms with Gasteiger partial charge in [-0.05, 0) is 19.8 Å². The zero-order chi connectivity index (χ0) is 12.5. The molecule has 0 aliphatic heterocycles. The van der Waals surface area contributed by atoms with Crippen molar-refractivity contribution in [2.45, 2.75) is 26.2 Å². The van der Waals surface area contributed by atoms with Crippen LogP contribution in [0.3, 0.4) is 0 Å². The topological polar surface area (TPSA) is 57.4 Å². The first-order chi connectivity index (χ1) is 8.26. The highest BCUT2D eigenvalue weighted by molar-refractivity contribution is 7.17. The van der Waals surface area contributed by atoms with Crippen molar-refractivity contribution < 1.29 is 9.47 Å². The molecule has 0 spiro atoms. The van der Waals surface area contributed by atoms with Gasteiger partial charge < -0.3 is 15.2 Å². The smallest absolute Gasteiger partial charge is 0.202 e. The van der Waals surface area contributed by atoms with Crippen molar-refractivity contribution in [3.8, 4) is 5.06 Å². The Hall–Kier alpha value is -1.49. The van der Waals surface area contributed by atoms with Crippen LogP contribution in [-0.2, 0) is 4.74 Å². The fraction of sp³-hybridized carbons (Fsp3) is 0.417. The zero-order valence-corrected chi connectivity index (χ0v) is 11.0. The third kappa shape index (κ3) is 5.40. The van der Waals surface area contributed by atoms with Gasteiger partial charge in [-0.15, -0.1) is 0 Å². The molecule has 0 fully saturated rings. The SMILES string of the molecule is C/C=C\CCC/C(=C/OC)Oc1cnc(N)s1. The van der Waals surface area contributed by atoms with Crippen molar-refractivity contribution >= 4 is 16.5 Å². The van der Waals surface area contributed by atoms with Gasteiger partial charge in [-0.3, -0.25) is 0 Å². The van der Waals surface area contributed by atoms with Crippen LogP contribution >= 0.6 is 11.3 Å². The maximum atomic E-state index is 5.64. The fourth-order valence-corrected chi connectivity index (χ4v) is 1.84. The normalized spacial score (nSPS) is 12.0. The standard InChI is InChI=1S/C12H18N2O2S/c1-3-4-5-6-7-10(9-15-2)16-11-8-14-12(13)17-11/h3-4,8-9H,5-7H2,1-2H3,(H2,13,14)/b4-3-,10-9-. The number of nitrogen functional groups attached to an aromatic ring is 1. The van der Waals surface area contributed by atoms with E-state index in [1.54, 1.807) is 19.6 Å². The van der Waals surface area contributed by atoms with Gasteiger partial charge in [0.1, 0.15) is 12.0 Å². The van der Waals surface area contributed by atoms with Crippen LogP contribution in [-0.4, -0.2) is 12.1 Å². The summed E-state index contributed by atoms with van der Waals surface area (Å²) in [5.74, 6) is 0.792. The lowest BCUT2D eigenvalue weighted by Gasteiger charge is -2.06. The van der Waals surface area contributed by atoms with Crippen molar-refractivity contribution in [2.24, 2.45) is 0 Å². The average Bonchev–Trinajstić information content (AvgIpc) is 2.70. The fourth-order valence-electron chi connectivity index (χ4n) is 1.27. The van der Waals surface area contributed by atoms with Gasteiger partial charge in [0.2, 0.25) is 5.06 Å². The summed E-state index contributed by atoms with van der Waals surface area (Å²) in [6.45, 7) is 2.02. The summed E-state index contributed by atoms with van der Waals surface area (Å²) < 4.78 is 10.6. The number of nitrogens with two attached hydrogens (primary N) is 1. The Labute approximate surface area is 106 Å². The number of unbranched alkanes of at least 4 members (excludes halogenated alkanes) is 1. The summed E-state index contributed by atoms with van der Waals surface area (Å²) in [7, 11) is 1.61. The zero-order valence-electron chi connectivity index (χ0n) is 10.2. The highest BCUT2D eigenvalue weighted by atomic mass is 32.1. The maximum absolute atomic E-state index is 5.64. The summed E-state index contributed by atoms with van der Waals surface area (Å²) in [6.07, 6.45) is 10.3. The molecule has 0 aliphatic rings. The van der Waals surface area contributed by atoms with Crippen LogP contribution in [0.5, 0.6) is 5.06 Å². The molecule has 5 heteroatoms. The Morgan fingerprint density at radius 3 is 3.00 bits per heavy atom. The lowest BCUT2D eigenvalue weighted by Crippen LogP contribution is -1.95. The molecule has 4 nitrogen and oxygen atoms in total. The summed E-state index contributed by atoms with van der Waals surface area (Å²) in [6, 6.07) is 0. The number of rotatable bonds is 7. The van der Waals surface area contributed by atoms with Gasteiger partial charge in [-0.2, -0.15) is 0 Å². The highest BCUT2D eigenvalue weighted by Gasteiger charge is 2.04. The van der Waals surface area contributed by atoms with Gasteiger partial charge >= 0.3 is 0 Å². The molecule has 1 aromatic rings. The number of allylic oxidation sites excluding steroid dienone is 3. The Kier molecular flexibility index (Phi) is 6.17. The van der Waals surface area contributed by atoms with E-state index in [-0.39, 0.29) is 0 Å². The van der Waals surface area contributed by atoms with E-state index in [0.717, 1.165) is 25.0 Å². The molecule has 1 rings (SSSR count). The molecule has 0 atom stereocenters.